The minimum atomic E-state index is -0.535. The molecule has 2 aliphatic heterocycles. The van der Waals surface area contributed by atoms with E-state index >= 15 is 0 Å². The van der Waals surface area contributed by atoms with Crippen LogP contribution in [-0.2, 0) is 4.74 Å². The van der Waals surface area contributed by atoms with Gasteiger partial charge in [-0.2, -0.15) is 5.26 Å². The summed E-state index contributed by atoms with van der Waals surface area (Å²) < 4.78 is 5.85. The Kier molecular flexibility index (Phi) is 4.43. The van der Waals surface area contributed by atoms with Crippen LogP contribution in [0, 0.1) is 18.3 Å². The van der Waals surface area contributed by atoms with Crippen LogP contribution in [0.25, 0.3) is 0 Å². The van der Waals surface area contributed by atoms with Crippen molar-refractivity contribution in [3.63, 3.8) is 0 Å². The van der Waals surface area contributed by atoms with Crippen molar-refractivity contribution in [3.05, 3.63) is 33.2 Å². The fourth-order valence-corrected chi connectivity index (χ4v) is 3.63. The van der Waals surface area contributed by atoms with Crippen molar-refractivity contribution in [1.82, 2.24) is 9.88 Å². The molecule has 7 nitrogen and oxygen atoms in total. The second kappa shape index (κ2) is 6.38. The third-order valence-corrected chi connectivity index (χ3v) is 5.21. The maximum atomic E-state index is 12.7. The summed E-state index contributed by atoms with van der Waals surface area (Å²) in [7, 11) is 0. The van der Waals surface area contributed by atoms with Gasteiger partial charge in [-0.25, -0.2) is 0 Å². The van der Waals surface area contributed by atoms with E-state index in [0.29, 0.717) is 43.7 Å². The number of hydrogen-bond acceptors (Lipinski definition) is 5. The Morgan fingerprint density at radius 2 is 2.21 bits per heavy atom. The number of amides is 1. The van der Waals surface area contributed by atoms with Crippen LogP contribution in [0.15, 0.2) is 11.0 Å². The number of H-pyrrole nitrogens is 1. The Morgan fingerprint density at radius 3 is 2.83 bits per heavy atom. The fourth-order valence-electron chi connectivity index (χ4n) is 3.63. The van der Waals surface area contributed by atoms with Crippen LogP contribution in [0.1, 0.15) is 47.2 Å². The number of aliphatic hydroxyl groups excluding tert-OH is 1. The number of nitrogens with one attached hydrogen (secondary N) is 1. The van der Waals surface area contributed by atoms with Crippen molar-refractivity contribution >= 4 is 5.91 Å². The van der Waals surface area contributed by atoms with E-state index in [0.717, 1.165) is 12.8 Å². The lowest BCUT2D eigenvalue weighted by Gasteiger charge is -2.46. The summed E-state index contributed by atoms with van der Waals surface area (Å²) in [6, 6.07) is 1.85. The van der Waals surface area contributed by atoms with E-state index in [1.54, 1.807) is 11.8 Å². The zero-order valence-electron chi connectivity index (χ0n) is 13.7. The molecule has 1 aromatic heterocycles. The summed E-state index contributed by atoms with van der Waals surface area (Å²) in [5.74, 6) is -0.208. The van der Waals surface area contributed by atoms with Crippen LogP contribution in [0.5, 0.6) is 0 Å². The largest absolute Gasteiger partial charge is 0.390 e. The van der Waals surface area contributed by atoms with Gasteiger partial charge >= 0.3 is 0 Å². The Morgan fingerprint density at radius 1 is 1.50 bits per heavy atom. The van der Waals surface area contributed by atoms with Gasteiger partial charge in [0.05, 0.1) is 17.3 Å². The number of nitriles is 1. The van der Waals surface area contributed by atoms with Gasteiger partial charge in [-0.3, -0.25) is 9.59 Å². The molecule has 1 aromatic rings. The molecule has 1 amide bonds. The summed E-state index contributed by atoms with van der Waals surface area (Å²) >= 11 is 0. The average molecular weight is 331 g/mol. The first-order valence-corrected chi connectivity index (χ1v) is 8.22. The zero-order chi connectivity index (χ0) is 17.3. The molecule has 2 N–H and O–H groups in total. The minimum absolute atomic E-state index is 0.0274. The Hall–Kier alpha value is -2.17. The molecule has 0 radical (unpaired) electrons. The molecular formula is C17H21N3O4. The molecule has 128 valence electrons. The Labute approximate surface area is 139 Å². The number of piperidine rings is 1. The number of carbonyl (C=O) groups excluding carboxylic acids is 1. The highest BCUT2D eigenvalue weighted by atomic mass is 16.5. The van der Waals surface area contributed by atoms with Gasteiger partial charge in [-0.1, -0.05) is 0 Å². The third kappa shape index (κ3) is 2.72. The van der Waals surface area contributed by atoms with Gasteiger partial charge in [0.2, 0.25) is 0 Å². The van der Waals surface area contributed by atoms with Crippen LogP contribution >= 0.6 is 0 Å². The smallest absolute Gasteiger partial charge is 0.266 e. The number of likely N-dealkylation sites (tertiary alicyclic amines) is 1. The maximum Gasteiger partial charge on any atom is 0.266 e. The SMILES string of the molecule is Cc1c(C(=O)N2CCC3(CC2)OCCC[C@H]3O)c[nH]c(=O)c1C#N. The molecule has 3 rings (SSSR count). The molecule has 24 heavy (non-hydrogen) atoms. The molecule has 0 saturated carbocycles. The monoisotopic (exact) mass is 331 g/mol. The van der Waals surface area contributed by atoms with E-state index in [2.05, 4.69) is 4.98 Å². The second-order valence-electron chi connectivity index (χ2n) is 6.51. The molecule has 0 aromatic carbocycles. The normalized spacial score (nSPS) is 23.0. The lowest BCUT2D eigenvalue weighted by Crippen LogP contribution is -2.56. The van der Waals surface area contributed by atoms with Crippen molar-refractivity contribution < 1.29 is 14.6 Å². The first kappa shape index (κ1) is 16.7. The van der Waals surface area contributed by atoms with Crippen molar-refractivity contribution in [2.45, 2.75) is 44.3 Å². The molecule has 2 saturated heterocycles. The summed E-state index contributed by atoms with van der Waals surface area (Å²) in [5.41, 5.74) is -0.302. The number of carbonyl (C=O) groups is 1. The molecule has 3 heterocycles. The zero-order valence-corrected chi connectivity index (χ0v) is 13.7. The number of nitrogens with zero attached hydrogens (tertiary/aromatic N) is 2. The van der Waals surface area contributed by atoms with E-state index in [1.807, 2.05) is 6.07 Å². The van der Waals surface area contributed by atoms with Crippen LogP contribution in [0.3, 0.4) is 0 Å². The third-order valence-electron chi connectivity index (χ3n) is 5.21. The van der Waals surface area contributed by atoms with Gasteiger partial charge in [0.25, 0.3) is 11.5 Å². The molecule has 2 fully saturated rings. The topological polar surface area (TPSA) is 106 Å². The van der Waals surface area contributed by atoms with Crippen LogP contribution in [-0.4, -0.2) is 52.3 Å². The molecule has 0 bridgehead atoms. The van der Waals surface area contributed by atoms with Gasteiger partial charge in [0.15, 0.2) is 0 Å². The number of aromatic amines is 1. The molecule has 0 aliphatic carbocycles. The predicted molar refractivity (Wildman–Crippen MR) is 85.6 cm³/mol. The summed E-state index contributed by atoms with van der Waals surface area (Å²) in [5, 5.41) is 19.3. The van der Waals surface area contributed by atoms with Crippen molar-refractivity contribution in [2.75, 3.05) is 19.7 Å². The van der Waals surface area contributed by atoms with Crippen LogP contribution in [0.2, 0.25) is 0 Å². The highest BCUT2D eigenvalue weighted by Gasteiger charge is 2.44. The highest BCUT2D eigenvalue weighted by Crippen LogP contribution is 2.35. The number of ether oxygens (including phenoxy) is 1. The number of aromatic nitrogens is 1. The lowest BCUT2D eigenvalue weighted by atomic mass is 9.82. The number of pyridine rings is 1. The number of aliphatic hydroxyl groups is 1. The van der Waals surface area contributed by atoms with Gasteiger partial charge in [0, 0.05) is 25.9 Å². The number of rotatable bonds is 1. The average Bonchev–Trinajstić information content (AvgIpc) is 2.58. The van der Waals surface area contributed by atoms with E-state index in [9.17, 15) is 14.7 Å². The van der Waals surface area contributed by atoms with Crippen molar-refractivity contribution in [2.24, 2.45) is 0 Å². The van der Waals surface area contributed by atoms with Crippen LogP contribution in [0.4, 0.5) is 0 Å². The standard InChI is InChI=1S/C17H21N3O4/c1-11-12(9-18)15(22)19-10-13(11)16(23)20-6-4-17(5-7-20)14(21)3-2-8-24-17/h10,14,21H,2-8H2,1H3,(H,19,22)/t14-/m1/s1. The highest BCUT2D eigenvalue weighted by molar-refractivity contribution is 5.95. The van der Waals surface area contributed by atoms with Gasteiger partial charge in [-0.15, -0.1) is 0 Å². The maximum absolute atomic E-state index is 12.7. The van der Waals surface area contributed by atoms with E-state index < -0.39 is 17.3 Å². The van der Waals surface area contributed by atoms with Crippen molar-refractivity contribution in [3.8, 4) is 6.07 Å². The summed E-state index contributed by atoms with van der Waals surface area (Å²) in [6.45, 7) is 3.22. The quantitative estimate of drug-likeness (QED) is 0.788. The molecule has 7 heteroatoms. The molecule has 2 aliphatic rings. The Balaban J connectivity index is 1.77. The van der Waals surface area contributed by atoms with Gasteiger partial charge < -0.3 is 19.7 Å². The number of hydrogen-bond donors (Lipinski definition) is 2. The van der Waals surface area contributed by atoms with Gasteiger partial charge in [-0.05, 0) is 38.2 Å². The van der Waals surface area contributed by atoms with Gasteiger partial charge in [0.1, 0.15) is 11.6 Å². The lowest BCUT2D eigenvalue weighted by molar-refractivity contribution is -0.174. The van der Waals surface area contributed by atoms with E-state index in [1.165, 1.54) is 6.20 Å². The van der Waals surface area contributed by atoms with Crippen molar-refractivity contribution in [1.29, 1.82) is 5.26 Å². The van der Waals surface area contributed by atoms with Crippen LogP contribution < -0.4 is 5.56 Å². The minimum Gasteiger partial charge on any atom is -0.390 e. The van der Waals surface area contributed by atoms with E-state index in [4.69, 9.17) is 10.00 Å². The molecular weight excluding hydrogens is 310 g/mol. The Bertz CT molecular complexity index is 741. The molecule has 1 spiro atoms. The molecule has 1 atom stereocenters. The summed E-state index contributed by atoms with van der Waals surface area (Å²) in [4.78, 5) is 28.5. The van der Waals surface area contributed by atoms with E-state index in [-0.39, 0.29) is 11.5 Å². The first-order chi connectivity index (χ1) is 11.5. The first-order valence-electron chi connectivity index (χ1n) is 8.22. The predicted octanol–water partition coefficient (Wildman–Crippen LogP) is 0.701. The second-order valence-corrected chi connectivity index (χ2v) is 6.51. The fraction of sp³-hybridized carbons (Fsp3) is 0.588. The molecule has 0 unspecified atom stereocenters. The summed E-state index contributed by atoms with van der Waals surface area (Å²) in [6.07, 6.45) is 3.67.